The van der Waals surface area contributed by atoms with Crippen LogP contribution in [0.5, 0.6) is 11.5 Å². The van der Waals surface area contributed by atoms with Crippen molar-refractivity contribution in [2.45, 2.75) is 38.0 Å². The van der Waals surface area contributed by atoms with Crippen molar-refractivity contribution >= 4 is 17.3 Å². The Morgan fingerprint density at radius 1 is 1.00 bits per heavy atom. The highest BCUT2D eigenvalue weighted by Gasteiger charge is 2.51. The Bertz CT molecular complexity index is 897. The molecule has 0 spiro atoms. The number of rotatable bonds is 4. The van der Waals surface area contributed by atoms with Crippen molar-refractivity contribution in [3.05, 3.63) is 48.0 Å². The normalized spacial score (nSPS) is 20.2. The van der Waals surface area contributed by atoms with Crippen molar-refractivity contribution < 1.29 is 14.3 Å². The zero-order valence-corrected chi connectivity index (χ0v) is 16.9. The second kappa shape index (κ2) is 7.29. The van der Waals surface area contributed by atoms with E-state index < -0.39 is 5.41 Å². The number of carbonyl (C=O) groups is 1. The Hall–Kier alpha value is -2.69. The number of carbonyl (C=O) groups excluding carboxylic acids is 1. The van der Waals surface area contributed by atoms with Crippen molar-refractivity contribution in [3.63, 3.8) is 0 Å². The maximum Gasteiger partial charge on any atom is 0.235 e. The molecule has 1 saturated carbocycles. The molecule has 5 heteroatoms. The first-order valence-electron chi connectivity index (χ1n) is 10.7. The molecule has 2 aromatic carbocycles. The monoisotopic (exact) mass is 392 g/mol. The fourth-order valence-corrected chi connectivity index (χ4v) is 4.39. The number of amides is 1. The van der Waals surface area contributed by atoms with Gasteiger partial charge in [0, 0.05) is 24.5 Å². The lowest BCUT2D eigenvalue weighted by molar-refractivity contribution is -0.118. The lowest BCUT2D eigenvalue weighted by Crippen LogP contribution is -2.32. The van der Waals surface area contributed by atoms with Crippen molar-refractivity contribution in [1.29, 1.82) is 0 Å². The lowest BCUT2D eigenvalue weighted by atomic mass is 9.94. The molecule has 1 aliphatic carbocycles. The first-order chi connectivity index (χ1) is 14.1. The number of nitrogens with one attached hydrogen (secondary N) is 1. The highest BCUT2D eigenvalue weighted by Crippen LogP contribution is 2.51. The van der Waals surface area contributed by atoms with Crippen LogP contribution in [-0.2, 0) is 10.2 Å². The van der Waals surface area contributed by atoms with Gasteiger partial charge in [-0.2, -0.15) is 0 Å². The minimum atomic E-state index is -0.447. The van der Waals surface area contributed by atoms with Crippen molar-refractivity contribution in [2.75, 3.05) is 36.5 Å². The van der Waals surface area contributed by atoms with Crippen molar-refractivity contribution in [2.24, 2.45) is 5.92 Å². The standard InChI is InChI=1S/C24H28N2O3/c1-17-8-12-26(13-9-17)20-5-3-19(4-6-20)25-23(27)24(10-11-24)18-2-7-21-22(16-18)29-15-14-28-21/h2-7,16-17H,8-15H2,1H3,(H,25,27). The molecule has 2 heterocycles. The molecule has 1 saturated heterocycles. The summed E-state index contributed by atoms with van der Waals surface area (Å²) in [5.74, 6) is 2.39. The average Bonchev–Trinajstić information content (AvgIpc) is 3.57. The van der Waals surface area contributed by atoms with E-state index >= 15 is 0 Å². The number of benzene rings is 2. The third-order valence-electron chi connectivity index (χ3n) is 6.55. The van der Waals surface area contributed by atoms with E-state index in [1.54, 1.807) is 0 Å². The van der Waals surface area contributed by atoms with Crippen molar-refractivity contribution in [3.8, 4) is 11.5 Å². The van der Waals surface area contributed by atoms with E-state index in [1.807, 2.05) is 30.3 Å². The molecule has 5 rings (SSSR count). The molecular weight excluding hydrogens is 364 g/mol. The zero-order valence-electron chi connectivity index (χ0n) is 16.9. The molecule has 1 amide bonds. The van der Waals surface area contributed by atoms with Crippen LogP contribution < -0.4 is 19.7 Å². The second-order valence-electron chi connectivity index (χ2n) is 8.61. The summed E-state index contributed by atoms with van der Waals surface area (Å²) >= 11 is 0. The van der Waals surface area contributed by atoms with Gasteiger partial charge in [-0.1, -0.05) is 13.0 Å². The lowest BCUT2D eigenvalue weighted by Gasteiger charge is -2.32. The predicted octanol–water partition coefficient (Wildman–Crippen LogP) is 4.36. The molecule has 0 aromatic heterocycles. The van der Waals surface area contributed by atoms with Gasteiger partial charge in [0.2, 0.25) is 5.91 Å². The number of piperidine rings is 1. The highest BCUT2D eigenvalue weighted by atomic mass is 16.6. The van der Waals surface area contributed by atoms with Gasteiger partial charge in [-0.05, 0) is 73.6 Å². The topological polar surface area (TPSA) is 50.8 Å². The molecule has 2 fully saturated rings. The first-order valence-corrected chi connectivity index (χ1v) is 10.7. The number of fused-ring (bicyclic) bond motifs is 1. The van der Waals surface area contributed by atoms with E-state index in [-0.39, 0.29) is 5.91 Å². The maximum absolute atomic E-state index is 13.1. The SMILES string of the molecule is CC1CCN(c2ccc(NC(=O)C3(c4ccc5c(c4)OCCO5)CC3)cc2)CC1. The summed E-state index contributed by atoms with van der Waals surface area (Å²) in [6.07, 6.45) is 4.22. The molecule has 5 nitrogen and oxygen atoms in total. The molecule has 0 atom stereocenters. The molecule has 1 N–H and O–H groups in total. The van der Waals surface area contributed by atoms with Crippen LogP contribution in [0, 0.1) is 5.92 Å². The molecule has 0 unspecified atom stereocenters. The first kappa shape index (κ1) is 18.3. The van der Waals surface area contributed by atoms with Crippen LogP contribution in [0.1, 0.15) is 38.2 Å². The Morgan fingerprint density at radius 3 is 2.38 bits per heavy atom. The van der Waals surface area contributed by atoms with Gasteiger partial charge in [0.1, 0.15) is 13.2 Å². The van der Waals surface area contributed by atoms with E-state index in [0.717, 1.165) is 54.6 Å². The van der Waals surface area contributed by atoms with Gasteiger partial charge in [0.05, 0.1) is 5.41 Å². The van der Waals surface area contributed by atoms with Crippen LogP contribution in [0.4, 0.5) is 11.4 Å². The highest BCUT2D eigenvalue weighted by molar-refractivity contribution is 6.01. The van der Waals surface area contributed by atoms with Gasteiger partial charge < -0.3 is 19.7 Å². The molecule has 29 heavy (non-hydrogen) atoms. The smallest absolute Gasteiger partial charge is 0.235 e. The molecule has 2 aromatic rings. The fourth-order valence-electron chi connectivity index (χ4n) is 4.39. The summed E-state index contributed by atoms with van der Waals surface area (Å²) in [5.41, 5.74) is 2.66. The maximum atomic E-state index is 13.1. The van der Waals surface area contributed by atoms with Crippen LogP contribution in [-0.4, -0.2) is 32.2 Å². The minimum absolute atomic E-state index is 0.0636. The number of ether oxygens (including phenoxy) is 2. The van der Waals surface area contributed by atoms with E-state index in [9.17, 15) is 4.79 Å². The average molecular weight is 392 g/mol. The predicted molar refractivity (Wildman–Crippen MR) is 114 cm³/mol. The summed E-state index contributed by atoms with van der Waals surface area (Å²) < 4.78 is 11.3. The summed E-state index contributed by atoms with van der Waals surface area (Å²) in [6, 6.07) is 14.2. The summed E-state index contributed by atoms with van der Waals surface area (Å²) in [7, 11) is 0. The van der Waals surface area contributed by atoms with Gasteiger partial charge in [0.15, 0.2) is 11.5 Å². The molecule has 152 valence electrons. The van der Waals surface area contributed by atoms with Crippen molar-refractivity contribution in [1.82, 2.24) is 0 Å². The number of anilines is 2. The van der Waals surface area contributed by atoms with E-state index in [0.29, 0.717) is 13.2 Å². The van der Waals surface area contributed by atoms with E-state index in [1.165, 1.54) is 18.5 Å². The fraction of sp³-hybridized carbons (Fsp3) is 0.458. The van der Waals surface area contributed by atoms with Crippen LogP contribution in [0.3, 0.4) is 0 Å². The third kappa shape index (κ3) is 3.54. The largest absolute Gasteiger partial charge is 0.486 e. The van der Waals surface area contributed by atoms with Gasteiger partial charge in [-0.3, -0.25) is 4.79 Å². The van der Waals surface area contributed by atoms with Crippen LogP contribution in [0.25, 0.3) is 0 Å². The molecule has 3 aliphatic rings. The van der Waals surface area contributed by atoms with Crippen LogP contribution in [0.15, 0.2) is 42.5 Å². The second-order valence-corrected chi connectivity index (χ2v) is 8.61. The van der Waals surface area contributed by atoms with Gasteiger partial charge in [0.25, 0.3) is 0 Å². The number of hydrogen-bond acceptors (Lipinski definition) is 4. The summed E-state index contributed by atoms with van der Waals surface area (Å²) in [6.45, 7) is 5.67. The van der Waals surface area contributed by atoms with Gasteiger partial charge >= 0.3 is 0 Å². The van der Waals surface area contributed by atoms with Crippen LogP contribution >= 0.6 is 0 Å². The Morgan fingerprint density at radius 2 is 1.69 bits per heavy atom. The van der Waals surface area contributed by atoms with E-state index in [4.69, 9.17) is 9.47 Å². The number of hydrogen-bond donors (Lipinski definition) is 1. The molecule has 0 bridgehead atoms. The number of nitrogens with zero attached hydrogens (tertiary/aromatic N) is 1. The Balaban J connectivity index is 1.28. The quantitative estimate of drug-likeness (QED) is 0.840. The van der Waals surface area contributed by atoms with Gasteiger partial charge in [-0.15, -0.1) is 0 Å². The Labute approximate surface area is 172 Å². The third-order valence-corrected chi connectivity index (χ3v) is 6.55. The summed E-state index contributed by atoms with van der Waals surface area (Å²) in [4.78, 5) is 15.5. The Kier molecular flexibility index (Phi) is 4.61. The van der Waals surface area contributed by atoms with Gasteiger partial charge in [-0.25, -0.2) is 0 Å². The molecular formula is C24H28N2O3. The minimum Gasteiger partial charge on any atom is -0.486 e. The molecule has 2 aliphatic heterocycles. The van der Waals surface area contributed by atoms with Crippen LogP contribution in [0.2, 0.25) is 0 Å². The van der Waals surface area contributed by atoms with E-state index in [2.05, 4.69) is 29.3 Å². The summed E-state index contributed by atoms with van der Waals surface area (Å²) in [5, 5.41) is 3.13. The molecule has 0 radical (unpaired) electrons. The zero-order chi connectivity index (χ0) is 19.8.